The van der Waals surface area contributed by atoms with Gasteiger partial charge in [0.1, 0.15) is 0 Å². The summed E-state index contributed by atoms with van der Waals surface area (Å²) in [5, 5.41) is 2.73. The lowest BCUT2D eigenvalue weighted by Crippen LogP contribution is -2.14. The molecule has 1 fully saturated rings. The zero-order valence-electron chi connectivity index (χ0n) is 15.7. The Kier molecular flexibility index (Phi) is 5.24. The molecule has 2 aliphatic rings. The predicted octanol–water partition coefficient (Wildman–Crippen LogP) is 4.27. The van der Waals surface area contributed by atoms with Crippen LogP contribution in [-0.2, 0) is 16.0 Å². The van der Waals surface area contributed by atoms with E-state index < -0.39 is 5.97 Å². The molecule has 1 N–H and O–H groups in total. The van der Waals surface area contributed by atoms with Gasteiger partial charge in [0, 0.05) is 11.3 Å². The topological polar surface area (TPSA) is 72.5 Å². The molecular weight excluding hydrogens is 354 g/mol. The summed E-state index contributed by atoms with van der Waals surface area (Å²) in [7, 11) is 0. The van der Waals surface area contributed by atoms with Gasteiger partial charge in [0.05, 0.1) is 12.0 Å². The number of carbonyl (C=O) groups is 3. The minimum atomic E-state index is -0.499. The molecule has 4 rings (SSSR count). The van der Waals surface area contributed by atoms with Gasteiger partial charge in [-0.05, 0) is 60.2 Å². The normalized spacial score (nSPS) is 16.4. The Morgan fingerprint density at radius 3 is 2.43 bits per heavy atom. The van der Waals surface area contributed by atoms with Crippen LogP contribution < -0.4 is 5.32 Å². The van der Waals surface area contributed by atoms with Crippen LogP contribution in [-0.4, -0.2) is 24.3 Å². The molecule has 5 nitrogen and oxygen atoms in total. The van der Waals surface area contributed by atoms with Gasteiger partial charge in [-0.1, -0.05) is 31.4 Å². The number of Topliss-reactive ketones (excluding diaryl/α,β-unsaturated/α-hetero) is 1. The van der Waals surface area contributed by atoms with E-state index in [4.69, 9.17) is 4.74 Å². The summed E-state index contributed by atoms with van der Waals surface area (Å²) in [6.07, 6.45) is 6.53. The molecule has 0 spiro atoms. The van der Waals surface area contributed by atoms with Crippen LogP contribution in [0.1, 0.15) is 69.9 Å². The first-order chi connectivity index (χ1) is 13.6. The summed E-state index contributed by atoms with van der Waals surface area (Å²) in [4.78, 5) is 36.0. The van der Waals surface area contributed by atoms with Crippen LogP contribution in [0.5, 0.6) is 0 Å². The molecule has 0 aromatic heterocycles. The highest BCUT2D eigenvalue weighted by Crippen LogP contribution is 2.32. The fraction of sp³-hybridized carbons (Fsp3) is 0.348. The van der Waals surface area contributed by atoms with Crippen molar-refractivity contribution >= 4 is 23.3 Å². The minimum Gasteiger partial charge on any atom is -0.454 e. The summed E-state index contributed by atoms with van der Waals surface area (Å²) in [6.45, 7) is -0.316. The number of carbonyl (C=O) groups excluding carboxylic acids is 3. The molecule has 1 heterocycles. The standard InChI is InChI=1S/C23H23NO4/c25-21(18-10-11-20-19(12-18)13-22(26)24-20)14-28-23(27)17-8-6-16(7-9-17)15-4-2-1-3-5-15/h6-12,15H,1-5,13-14H2,(H,24,26). The highest BCUT2D eigenvalue weighted by molar-refractivity contribution is 6.03. The summed E-state index contributed by atoms with van der Waals surface area (Å²) in [5.41, 5.74) is 3.69. The summed E-state index contributed by atoms with van der Waals surface area (Å²) < 4.78 is 5.20. The van der Waals surface area contributed by atoms with E-state index in [1.54, 1.807) is 30.3 Å². The van der Waals surface area contributed by atoms with Gasteiger partial charge in [-0.3, -0.25) is 9.59 Å². The monoisotopic (exact) mass is 377 g/mol. The molecule has 1 saturated carbocycles. The van der Waals surface area contributed by atoms with Crippen molar-refractivity contribution in [3.63, 3.8) is 0 Å². The number of benzene rings is 2. The molecule has 0 radical (unpaired) electrons. The second-order valence-electron chi connectivity index (χ2n) is 7.55. The summed E-state index contributed by atoms with van der Waals surface area (Å²) in [5.74, 6) is -0.278. The predicted molar refractivity (Wildman–Crippen MR) is 106 cm³/mol. The molecular formula is C23H23NO4. The van der Waals surface area contributed by atoms with E-state index in [9.17, 15) is 14.4 Å². The van der Waals surface area contributed by atoms with E-state index in [0.29, 0.717) is 17.0 Å². The molecule has 144 valence electrons. The highest BCUT2D eigenvalue weighted by Gasteiger charge is 2.20. The molecule has 0 bridgehead atoms. The van der Waals surface area contributed by atoms with Crippen molar-refractivity contribution in [2.24, 2.45) is 0 Å². The minimum absolute atomic E-state index is 0.0808. The van der Waals surface area contributed by atoms with Gasteiger partial charge in [-0.25, -0.2) is 4.79 Å². The van der Waals surface area contributed by atoms with Gasteiger partial charge in [0.15, 0.2) is 12.4 Å². The number of amides is 1. The molecule has 0 saturated heterocycles. The van der Waals surface area contributed by atoms with E-state index in [0.717, 1.165) is 11.3 Å². The number of esters is 1. The van der Waals surface area contributed by atoms with Gasteiger partial charge >= 0.3 is 5.97 Å². The first-order valence-electron chi connectivity index (χ1n) is 9.83. The van der Waals surface area contributed by atoms with Gasteiger partial charge in [-0.15, -0.1) is 0 Å². The number of hydrogen-bond acceptors (Lipinski definition) is 4. The van der Waals surface area contributed by atoms with Crippen LogP contribution >= 0.6 is 0 Å². The number of fused-ring (bicyclic) bond motifs is 1. The largest absolute Gasteiger partial charge is 0.454 e. The van der Waals surface area contributed by atoms with Crippen molar-refractivity contribution in [1.82, 2.24) is 0 Å². The van der Waals surface area contributed by atoms with Crippen LogP contribution in [0.4, 0.5) is 5.69 Å². The Bertz CT molecular complexity index is 911. The molecule has 2 aromatic carbocycles. The Hall–Kier alpha value is -2.95. The lowest BCUT2D eigenvalue weighted by atomic mass is 9.84. The third kappa shape index (κ3) is 3.98. The lowest BCUT2D eigenvalue weighted by Gasteiger charge is -2.21. The first kappa shape index (κ1) is 18.4. The number of rotatable bonds is 5. The summed E-state index contributed by atoms with van der Waals surface area (Å²) in [6, 6.07) is 12.6. The maximum absolute atomic E-state index is 12.3. The van der Waals surface area contributed by atoms with Crippen molar-refractivity contribution in [2.45, 2.75) is 44.4 Å². The number of anilines is 1. The third-order valence-electron chi connectivity index (χ3n) is 5.61. The Labute approximate surface area is 164 Å². The van der Waals surface area contributed by atoms with Crippen LogP contribution in [0.15, 0.2) is 42.5 Å². The second kappa shape index (κ2) is 7.97. The fourth-order valence-corrected chi connectivity index (χ4v) is 4.03. The highest BCUT2D eigenvalue weighted by atomic mass is 16.5. The van der Waals surface area contributed by atoms with E-state index >= 15 is 0 Å². The maximum Gasteiger partial charge on any atom is 0.338 e. The molecule has 1 aliphatic heterocycles. The van der Waals surface area contributed by atoms with Gasteiger partial charge in [0.2, 0.25) is 5.91 Å². The van der Waals surface area contributed by atoms with Crippen molar-refractivity contribution in [3.05, 3.63) is 64.7 Å². The molecule has 1 aliphatic carbocycles. The van der Waals surface area contributed by atoms with Crippen molar-refractivity contribution in [1.29, 1.82) is 0 Å². The lowest BCUT2D eigenvalue weighted by molar-refractivity contribution is -0.115. The van der Waals surface area contributed by atoms with E-state index in [-0.39, 0.29) is 24.7 Å². The Morgan fingerprint density at radius 1 is 0.964 bits per heavy atom. The average molecular weight is 377 g/mol. The smallest absolute Gasteiger partial charge is 0.338 e. The van der Waals surface area contributed by atoms with Crippen LogP contribution in [0.2, 0.25) is 0 Å². The number of ether oxygens (including phenoxy) is 1. The quantitative estimate of drug-likeness (QED) is 0.624. The Morgan fingerprint density at radius 2 is 1.68 bits per heavy atom. The van der Waals surface area contributed by atoms with Gasteiger partial charge in [0.25, 0.3) is 0 Å². The van der Waals surface area contributed by atoms with Crippen molar-refractivity contribution in [3.8, 4) is 0 Å². The summed E-state index contributed by atoms with van der Waals surface area (Å²) >= 11 is 0. The van der Waals surface area contributed by atoms with Gasteiger partial charge in [-0.2, -0.15) is 0 Å². The zero-order valence-corrected chi connectivity index (χ0v) is 15.7. The van der Waals surface area contributed by atoms with E-state index in [1.165, 1.54) is 37.7 Å². The first-order valence-corrected chi connectivity index (χ1v) is 9.83. The zero-order chi connectivity index (χ0) is 19.5. The van der Waals surface area contributed by atoms with Crippen LogP contribution in [0.3, 0.4) is 0 Å². The fourth-order valence-electron chi connectivity index (χ4n) is 4.03. The van der Waals surface area contributed by atoms with E-state index in [2.05, 4.69) is 5.32 Å². The Balaban J connectivity index is 1.34. The molecule has 0 atom stereocenters. The molecule has 0 unspecified atom stereocenters. The molecule has 1 amide bonds. The van der Waals surface area contributed by atoms with Crippen molar-refractivity contribution < 1.29 is 19.1 Å². The average Bonchev–Trinajstić information content (AvgIpc) is 3.11. The number of nitrogens with one attached hydrogen (secondary N) is 1. The maximum atomic E-state index is 12.3. The van der Waals surface area contributed by atoms with Crippen LogP contribution in [0, 0.1) is 0 Å². The van der Waals surface area contributed by atoms with E-state index in [1.807, 2.05) is 12.1 Å². The van der Waals surface area contributed by atoms with Crippen molar-refractivity contribution in [2.75, 3.05) is 11.9 Å². The third-order valence-corrected chi connectivity index (χ3v) is 5.61. The SMILES string of the molecule is O=C1Cc2cc(C(=O)COC(=O)c3ccc(C4CCCCC4)cc3)ccc2N1. The van der Waals surface area contributed by atoms with Gasteiger partial charge < -0.3 is 10.1 Å². The second-order valence-corrected chi connectivity index (χ2v) is 7.55. The molecule has 5 heteroatoms. The number of ketones is 1. The number of hydrogen-bond donors (Lipinski definition) is 1. The molecule has 28 heavy (non-hydrogen) atoms. The van der Waals surface area contributed by atoms with Crippen LogP contribution in [0.25, 0.3) is 0 Å². The molecule has 2 aromatic rings.